The molecule has 0 saturated heterocycles. The van der Waals surface area contributed by atoms with Gasteiger partial charge in [-0.05, 0) is 24.4 Å². The predicted molar refractivity (Wildman–Crippen MR) is 98.7 cm³/mol. The van der Waals surface area contributed by atoms with Gasteiger partial charge in [0.2, 0.25) is 5.91 Å². The molecule has 3 rings (SSSR count). The highest BCUT2D eigenvalue weighted by atomic mass is 32.1. The Hall–Kier alpha value is -2.18. The second kappa shape index (κ2) is 7.59. The Bertz CT molecular complexity index is 812. The predicted octanol–water partition coefficient (Wildman–Crippen LogP) is 4.30. The molecule has 1 unspecified atom stereocenters. The highest BCUT2D eigenvalue weighted by molar-refractivity contribution is 7.20. The van der Waals surface area contributed by atoms with Crippen molar-refractivity contribution in [3.05, 3.63) is 58.4 Å². The number of thiophene rings is 1. The second-order valence-corrected chi connectivity index (χ2v) is 7.14. The van der Waals surface area contributed by atoms with Gasteiger partial charge in [0.1, 0.15) is 10.8 Å². The number of rotatable bonds is 6. The van der Waals surface area contributed by atoms with Crippen LogP contribution >= 0.6 is 22.7 Å². The van der Waals surface area contributed by atoms with Gasteiger partial charge < -0.3 is 10.1 Å². The lowest BCUT2D eigenvalue weighted by atomic mass is 10.1. The summed E-state index contributed by atoms with van der Waals surface area (Å²) >= 11 is 3.22. The van der Waals surface area contributed by atoms with Crippen LogP contribution in [0.2, 0.25) is 0 Å². The molecule has 2 aromatic heterocycles. The number of ether oxygens (including phenoxy) is 1. The topological polar surface area (TPSA) is 51.2 Å². The van der Waals surface area contributed by atoms with Crippen LogP contribution in [0.15, 0.2) is 47.2 Å². The third kappa shape index (κ3) is 3.83. The highest BCUT2D eigenvalue weighted by Crippen LogP contribution is 2.28. The molecule has 1 N–H and O–H groups in total. The molecule has 4 nitrogen and oxygen atoms in total. The summed E-state index contributed by atoms with van der Waals surface area (Å²) in [5.74, 6) is 0.732. The molecule has 0 fully saturated rings. The number of carbonyl (C=O) groups is 1. The van der Waals surface area contributed by atoms with E-state index in [1.54, 1.807) is 29.8 Å². The van der Waals surface area contributed by atoms with E-state index >= 15 is 0 Å². The van der Waals surface area contributed by atoms with Crippen molar-refractivity contribution in [2.75, 3.05) is 7.11 Å². The van der Waals surface area contributed by atoms with Crippen LogP contribution in [0.4, 0.5) is 0 Å². The second-order valence-electron chi connectivity index (χ2n) is 5.33. The summed E-state index contributed by atoms with van der Waals surface area (Å²) < 4.78 is 5.35. The largest absolute Gasteiger partial charge is 0.496 e. The van der Waals surface area contributed by atoms with E-state index < -0.39 is 0 Å². The zero-order chi connectivity index (χ0) is 16.9. The number of carbonyl (C=O) groups excluding carboxylic acids is 1. The summed E-state index contributed by atoms with van der Waals surface area (Å²) in [4.78, 5) is 18.0. The van der Waals surface area contributed by atoms with E-state index in [1.807, 2.05) is 54.1 Å². The molecular formula is C18H18N2O2S2. The third-order valence-electron chi connectivity index (χ3n) is 3.61. The maximum atomic E-state index is 12.3. The molecule has 0 bridgehead atoms. The SMILES string of the molecule is COc1ccccc1C(C)NC(=O)Cc1csc(-c2cccs2)n1. The Morgan fingerprint density at radius 2 is 2.08 bits per heavy atom. The monoisotopic (exact) mass is 358 g/mol. The first kappa shape index (κ1) is 16.7. The number of nitrogens with zero attached hydrogens (tertiary/aromatic N) is 1. The molecule has 0 aliphatic carbocycles. The van der Waals surface area contributed by atoms with Crippen molar-refractivity contribution in [3.8, 4) is 15.6 Å². The maximum absolute atomic E-state index is 12.3. The number of aromatic nitrogens is 1. The molecule has 124 valence electrons. The highest BCUT2D eigenvalue weighted by Gasteiger charge is 2.15. The lowest BCUT2D eigenvalue weighted by Crippen LogP contribution is -2.28. The van der Waals surface area contributed by atoms with Crippen molar-refractivity contribution >= 4 is 28.6 Å². The molecule has 0 aliphatic heterocycles. The number of hydrogen-bond donors (Lipinski definition) is 1. The molecule has 6 heteroatoms. The Balaban J connectivity index is 1.63. The van der Waals surface area contributed by atoms with Crippen LogP contribution in [0, 0.1) is 0 Å². The third-order valence-corrected chi connectivity index (χ3v) is 5.54. The van der Waals surface area contributed by atoms with E-state index in [2.05, 4.69) is 10.3 Å². The number of para-hydroxylation sites is 1. The molecule has 0 radical (unpaired) electrons. The van der Waals surface area contributed by atoms with E-state index in [0.717, 1.165) is 26.9 Å². The van der Waals surface area contributed by atoms with E-state index in [9.17, 15) is 4.79 Å². The molecular weight excluding hydrogens is 340 g/mol. The standard InChI is InChI=1S/C18H18N2O2S2/c1-12(14-6-3-4-7-15(14)22-2)19-17(21)10-13-11-24-18(20-13)16-8-5-9-23-16/h3-9,11-12H,10H2,1-2H3,(H,19,21). The number of nitrogens with one attached hydrogen (secondary N) is 1. The van der Waals surface area contributed by atoms with Crippen LogP contribution in [-0.2, 0) is 11.2 Å². The molecule has 1 amide bonds. The minimum atomic E-state index is -0.121. The Labute approximate surface area is 149 Å². The summed E-state index contributed by atoms with van der Waals surface area (Å²) in [6, 6.07) is 11.6. The molecule has 0 spiro atoms. The molecule has 3 aromatic rings. The van der Waals surface area contributed by atoms with Crippen molar-refractivity contribution in [2.45, 2.75) is 19.4 Å². The first-order valence-electron chi connectivity index (χ1n) is 7.58. The summed E-state index contributed by atoms with van der Waals surface area (Å²) in [6.45, 7) is 1.95. The van der Waals surface area contributed by atoms with Gasteiger partial charge in [0, 0.05) is 10.9 Å². The maximum Gasteiger partial charge on any atom is 0.226 e. The van der Waals surface area contributed by atoms with Crippen LogP contribution in [0.5, 0.6) is 5.75 Å². The van der Waals surface area contributed by atoms with Crippen LogP contribution in [0.1, 0.15) is 24.2 Å². The molecule has 1 atom stereocenters. The van der Waals surface area contributed by atoms with Gasteiger partial charge in [0.25, 0.3) is 0 Å². The summed E-state index contributed by atoms with van der Waals surface area (Å²) in [6.07, 6.45) is 0.279. The summed E-state index contributed by atoms with van der Waals surface area (Å²) in [5, 5.41) is 7.95. The number of benzene rings is 1. The zero-order valence-corrected chi connectivity index (χ0v) is 15.1. The smallest absolute Gasteiger partial charge is 0.226 e. The fourth-order valence-corrected chi connectivity index (χ4v) is 4.09. The quantitative estimate of drug-likeness (QED) is 0.715. The minimum Gasteiger partial charge on any atom is -0.496 e. The van der Waals surface area contributed by atoms with Gasteiger partial charge >= 0.3 is 0 Å². The molecule has 0 aliphatic rings. The normalized spacial score (nSPS) is 11.9. The first-order chi connectivity index (χ1) is 11.7. The lowest BCUT2D eigenvalue weighted by Gasteiger charge is -2.16. The Morgan fingerprint density at radius 1 is 1.25 bits per heavy atom. The van der Waals surface area contributed by atoms with E-state index in [-0.39, 0.29) is 18.4 Å². The molecule has 0 saturated carbocycles. The van der Waals surface area contributed by atoms with Crippen molar-refractivity contribution in [3.63, 3.8) is 0 Å². The van der Waals surface area contributed by atoms with Crippen LogP contribution in [-0.4, -0.2) is 18.0 Å². The van der Waals surface area contributed by atoms with Crippen molar-refractivity contribution in [1.82, 2.24) is 10.3 Å². The van der Waals surface area contributed by atoms with Crippen LogP contribution < -0.4 is 10.1 Å². The molecule has 1 aromatic carbocycles. The van der Waals surface area contributed by atoms with E-state index in [4.69, 9.17) is 4.74 Å². The van der Waals surface area contributed by atoms with Crippen molar-refractivity contribution < 1.29 is 9.53 Å². The average Bonchev–Trinajstić information content (AvgIpc) is 3.25. The Morgan fingerprint density at radius 3 is 2.83 bits per heavy atom. The van der Waals surface area contributed by atoms with Gasteiger partial charge in [-0.1, -0.05) is 24.3 Å². The van der Waals surface area contributed by atoms with Gasteiger partial charge in [0.05, 0.1) is 30.1 Å². The number of amides is 1. The average molecular weight is 358 g/mol. The Kier molecular flexibility index (Phi) is 5.27. The fraction of sp³-hybridized carbons (Fsp3) is 0.222. The summed E-state index contributed by atoms with van der Waals surface area (Å²) in [7, 11) is 1.63. The van der Waals surface area contributed by atoms with Crippen molar-refractivity contribution in [2.24, 2.45) is 0 Å². The van der Waals surface area contributed by atoms with Gasteiger partial charge in [-0.3, -0.25) is 4.79 Å². The van der Waals surface area contributed by atoms with Crippen LogP contribution in [0.25, 0.3) is 9.88 Å². The fourth-order valence-electron chi connectivity index (χ4n) is 2.46. The van der Waals surface area contributed by atoms with Gasteiger partial charge in [-0.15, -0.1) is 22.7 Å². The van der Waals surface area contributed by atoms with Gasteiger partial charge in [0.15, 0.2) is 0 Å². The lowest BCUT2D eigenvalue weighted by molar-refractivity contribution is -0.121. The minimum absolute atomic E-state index is 0.0450. The summed E-state index contributed by atoms with van der Waals surface area (Å²) in [5.41, 5.74) is 1.76. The van der Waals surface area contributed by atoms with E-state index in [1.165, 1.54) is 0 Å². The number of hydrogen-bond acceptors (Lipinski definition) is 5. The van der Waals surface area contributed by atoms with Gasteiger partial charge in [-0.25, -0.2) is 4.98 Å². The number of methoxy groups -OCH3 is 1. The van der Waals surface area contributed by atoms with Crippen LogP contribution in [0.3, 0.4) is 0 Å². The van der Waals surface area contributed by atoms with Crippen molar-refractivity contribution in [1.29, 1.82) is 0 Å². The first-order valence-corrected chi connectivity index (χ1v) is 9.34. The number of thiazole rings is 1. The van der Waals surface area contributed by atoms with E-state index in [0.29, 0.717) is 0 Å². The molecule has 2 heterocycles. The zero-order valence-electron chi connectivity index (χ0n) is 13.5. The van der Waals surface area contributed by atoms with Gasteiger partial charge in [-0.2, -0.15) is 0 Å². The molecule has 24 heavy (non-hydrogen) atoms.